The lowest BCUT2D eigenvalue weighted by Crippen LogP contribution is -2.34. The highest BCUT2D eigenvalue weighted by molar-refractivity contribution is 7.19. The number of thiazole rings is 1. The molecule has 1 aromatic carbocycles. The van der Waals surface area contributed by atoms with Crippen molar-refractivity contribution >= 4 is 27.5 Å². The number of carbonyl (C=O) groups excluding carboxylic acids is 1. The summed E-state index contributed by atoms with van der Waals surface area (Å²) in [7, 11) is 1.60. The van der Waals surface area contributed by atoms with Crippen molar-refractivity contribution < 1.29 is 9.53 Å². The fraction of sp³-hybridized carbons (Fsp3) is 0.333. The van der Waals surface area contributed by atoms with E-state index in [2.05, 4.69) is 15.4 Å². The molecule has 2 heterocycles. The predicted molar refractivity (Wildman–Crippen MR) is 102 cm³/mol. The molecule has 26 heavy (non-hydrogen) atoms. The van der Waals surface area contributed by atoms with Gasteiger partial charge in [-0.1, -0.05) is 19.1 Å². The molecule has 7 nitrogen and oxygen atoms in total. The standard InChI is InChI=1S/C18H20N4O3S/c1-4-8-19-14(23)10-22-18(24)16-17(26-11(2)20-16)15(21-22)12-6-5-7-13(9-12)25-3/h5-7,9H,4,8,10H2,1-3H3,(H,19,23). The number of aryl methyl sites for hydroxylation is 1. The number of rotatable bonds is 6. The molecule has 0 unspecified atom stereocenters. The molecular weight excluding hydrogens is 352 g/mol. The summed E-state index contributed by atoms with van der Waals surface area (Å²) in [6, 6.07) is 7.44. The van der Waals surface area contributed by atoms with Crippen LogP contribution in [0.2, 0.25) is 0 Å². The molecule has 0 aliphatic carbocycles. The van der Waals surface area contributed by atoms with Gasteiger partial charge in [0.1, 0.15) is 18.0 Å². The number of benzene rings is 1. The SMILES string of the molecule is CCCNC(=O)Cn1nc(-c2cccc(OC)c2)c2sc(C)nc2c1=O. The molecule has 8 heteroatoms. The van der Waals surface area contributed by atoms with Gasteiger partial charge in [-0.3, -0.25) is 9.59 Å². The number of methoxy groups -OCH3 is 1. The summed E-state index contributed by atoms with van der Waals surface area (Å²) in [4.78, 5) is 29.1. The maximum Gasteiger partial charge on any atom is 0.294 e. The normalized spacial score (nSPS) is 10.9. The van der Waals surface area contributed by atoms with Gasteiger partial charge in [0.05, 0.1) is 16.8 Å². The van der Waals surface area contributed by atoms with E-state index < -0.39 is 0 Å². The Hall–Kier alpha value is -2.74. The number of carbonyl (C=O) groups is 1. The maximum absolute atomic E-state index is 12.7. The van der Waals surface area contributed by atoms with Crippen LogP contribution in [0.5, 0.6) is 5.75 Å². The summed E-state index contributed by atoms with van der Waals surface area (Å²) in [5.41, 5.74) is 1.40. The highest BCUT2D eigenvalue weighted by Gasteiger charge is 2.18. The van der Waals surface area contributed by atoms with E-state index in [9.17, 15) is 9.59 Å². The number of ether oxygens (including phenoxy) is 1. The molecule has 0 aliphatic heterocycles. The van der Waals surface area contributed by atoms with Crippen LogP contribution in [0.25, 0.3) is 21.5 Å². The molecule has 2 aromatic heterocycles. The summed E-state index contributed by atoms with van der Waals surface area (Å²) in [6.45, 7) is 4.24. The molecule has 0 radical (unpaired) electrons. The summed E-state index contributed by atoms with van der Waals surface area (Å²) in [5.74, 6) is 0.446. The van der Waals surface area contributed by atoms with Crippen LogP contribution < -0.4 is 15.6 Å². The molecule has 0 saturated heterocycles. The zero-order valence-corrected chi connectivity index (χ0v) is 15.7. The maximum atomic E-state index is 12.7. The molecule has 0 aliphatic rings. The van der Waals surface area contributed by atoms with E-state index in [1.807, 2.05) is 38.1 Å². The molecule has 0 atom stereocenters. The van der Waals surface area contributed by atoms with E-state index >= 15 is 0 Å². The van der Waals surface area contributed by atoms with Crippen LogP contribution in [0, 0.1) is 6.92 Å². The third kappa shape index (κ3) is 3.60. The van der Waals surface area contributed by atoms with Crippen molar-refractivity contribution in [3.8, 4) is 17.0 Å². The second-order valence-electron chi connectivity index (χ2n) is 5.80. The van der Waals surface area contributed by atoms with Crippen molar-refractivity contribution in [3.63, 3.8) is 0 Å². The highest BCUT2D eigenvalue weighted by Crippen LogP contribution is 2.31. The number of nitrogens with one attached hydrogen (secondary N) is 1. The van der Waals surface area contributed by atoms with E-state index in [1.54, 1.807) is 7.11 Å². The minimum atomic E-state index is -0.359. The van der Waals surface area contributed by atoms with Crippen LogP contribution in [0.4, 0.5) is 0 Å². The second-order valence-corrected chi connectivity index (χ2v) is 7.01. The Morgan fingerprint density at radius 3 is 2.92 bits per heavy atom. The van der Waals surface area contributed by atoms with Crippen LogP contribution in [-0.4, -0.2) is 34.3 Å². The van der Waals surface area contributed by atoms with Gasteiger partial charge in [-0.2, -0.15) is 5.10 Å². The second kappa shape index (κ2) is 7.65. The van der Waals surface area contributed by atoms with Crippen LogP contribution >= 0.6 is 11.3 Å². The summed E-state index contributed by atoms with van der Waals surface area (Å²) < 4.78 is 7.18. The van der Waals surface area contributed by atoms with Gasteiger partial charge in [-0.15, -0.1) is 11.3 Å². The third-order valence-electron chi connectivity index (χ3n) is 3.82. The van der Waals surface area contributed by atoms with Gasteiger partial charge >= 0.3 is 0 Å². The quantitative estimate of drug-likeness (QED) is 0.718. The number of hydrogen-bond donors (Lipinski definition) is 1. The van der Waals surface area contributed by atoms with Crippen molar-refractivity contribution in [2.24, 2.45) is 0 Å². The Balaban J connectivity index is 2.13. The van der Waals surface area contributed by atoms with E-state index in [0.717, 1.165) is 17.0 Å². The molecular formula is C18H20N4O3S. The molecule has 1 amide bonds. The first-order valence-electron chi connectivity index (χ1n) is 8.33. The average molecular weight is 372 g/mol. The smallest absolute Gasteiger partial charge is 0.294 e. The zero-order valence-electron chi connectivity index (χ0n) is 14.9. The monoisotopic (exact) mass is 372 g/mol. The van der Waals surface area contributed by atoms with Crippen LogP contribution in [-0.2, 0) is 11.3 Å². The Morgan fingerprint density at radius 2 is 2.19 bits per heavy atom. The Bertz CT molecular complexity index is 1010. The van der Waals surface area contributed by atoms with Gasteiger partial charge in [-0.05, 0) is 25.5 Å². The predicted octanol–water partition coefficient (Wildman–Crippen LogP) is 2.36. The fourth-order valence-electron chi connectivity index (χ4n) is 2.59. The first-order valence-corrected chi connectivity index (χ1v) is 9.14. The van der Waals surface area contributed by atoms with Crippen LogP contribution in [0.15, 0.2) is 29.1 Å². The lowest BCUT2D eigenvalue weighted by Gasteiger charge is -2.09. The third-order valence-corrected chi connectivity index (χ3v) is 4.79. The molecule has 0 saturated carbocycles. The Morgan fingerprint density at radius 1 is 1.38 bits per heavy atom. The Kier molecular flexibility index (Phi) is 5.32. The van der Waals surface area contributed by atoms with Crippen molar-refractivity contribution in [3.05, 3.63) is 39.6 Å². The van der Waals surface area contributed by atoms with E-state index in [4.69, 9.17) is 4.74 Å². The molecule has 0 fully saturated rings. The topological polar surface area (TPSA) is 86.1 Å². The van der Waals surface area contributed by atoms with E-state index in [-0.39, 0.29) is 18.0 Å². The largest absolute Gasteiger partial charge is 0.497 e. The number of fused-ring (bicyclic) bond motifs is 1. The minimum absolute atomic E-state index is 0.137. The van der Waals surface area contributed by atoms with Crippen molar-refractivity contribution in [2.45, 2.75) is 26.8 Å². The number of amides is 1. The van der Waals surface area contributed by atoms with Gasteiger partial charge in [0.15, 0.2) is 5.52 Å². The fourth-order valence-corrected chi connectivity index (χ4v) is 3.51. The molecule has 0 bridgehead atoms. The summed E-state index contributed by atoms with van der Waals surface area (Å²) >= 11 is 1.41. The van der Waals surface area contributed by atoms with Crippen LogP contribution in [0.1, 0.15) is 18.4 Å². The van der Waals surface area contributed by atoms with E-state index in [0.29, 0.717) is 28.2 Å². The minimum Gasteiger partial charge on any atom is -0.497 e. The molecule has 136 valence electrons. The van der Waals surface area contributed by atoms with Crippen molar-refractivity contribution in [2.75, 3.05) is 13.7 Å². The van der Waals surface area contributed by atoms with Crippen LogP contribution in [0.3, 0.4) is 0 Å². The first-order chi connectivity index (χ1) is 12.5. The van der Waals surface area contributed by atoms with Gasteiger partial charge in [0.2, 0.25) is 5.91 Å². The molecule has 3 aromatic rings. The first kappa shape index (κ1) is 18.1. The highest BCUT2D eigenvalue weighted by atomic mass is 32.1. The number of nitrogens with zero attached hydrogens (tertiary/aromatic N) is 3. The zero-order chi connectivity index (χ0) is 18.7. The van der Waals surface area contributed by atoms with Crippen molar-refractivity contribution in [1.82, 2.24) is 20.1 Å². The number of hydrogen-bond acceptors (Lipinski definition) is 6. The lowest BCUT2D eigenvalue weighted by atomic mass is 10.1. The summed E-state index contributed by atoms with van der Waals surface area (Å²) in [5, 5.41) is 8.00. The average Bonchev–Trinajstić information content (AvgIpc) is 3.04. The van der Waals surface area contributed by atoms with E-state index in [1.165, 1.54) is 16.0 Å². The van der Waals surface area contributed by atoms with Gasteiger partial charge in [-0.25, -0.2) is 9.67 Å². The van der Waals surface area contributed by atoms with Gasteiger partial charge in [0.25, 0.3) is 5.56 Å². The Labute approximate surface area is 154 Å². The molecule has 0 spiro atoms. The van der Waals surface area contributed by atoms with Gasteiger partial charge in [0, 0.05) is 12.1 Å². The van der Waals surface area contributed by atoms with Crippen molar-refractivity contribution in [1.29, 1.82) is 0 Å². The molecule has 3 rings (SSSR count). The lowest BCUT2D eigenvalue weighted by molar-refractivity contribution is -0.121. The number of aromatic nitrogens is 3. The molecule has 1 N–H and O–H groups in total. The van der Waals surface area contributed by atoms with Gasteiger partial charge < -0.3 is 10.1 Å². The summed E-state index contributed by atoms with van der Waals surface area (Å²) in [6.07, 6.45) is 0.827.